The number of pyridine rings is 1. The van der Waals surface area contributed by atoms with Crippen LogP contribution in [-0.2, 0) is 0 Å². The van der Waals surface area contributed by atoms with Gasteiger partial charge in [-0.25, -0.2) is 4.98 Å². The molecule has 15 heavy (non-hydrogen) atoms. The van der Waals surface area contributed by atoms with E-state index in [4.69, 9.17) is 4.42 Å². The van der Waals surface area contributed by atoms with Crippen LogP contribution in [0.5, 0.6) is 0 Å². The van der Waals surface area contributed by atoms with Gasteiger partial charge in [0.2, 0.25) is 0 Å². The van der Waals surface area contributed by atoms with Gasteiger partial charge in [-0.3, -0.25) is 4.79 Å². The molecule has 0 saturated carbocycles. The number of nitrogens with one attached hydrogen (secondary N) is 1. The minimum absolute atomic E-state index is 0.261. The summed E-state index contributed by atoms with van der Waals surface area (Å²) in [6.07, 6.45) is 3.05. The number of halogens is 1. The highest BCUT2D eigenvalue weighted by atomic mass is 79.9. The highest BCUT2D eigenvalue weighted by Gasteiger charge is 2.08. The van der Waals surface area contributed by atoms with Crippen LogP contribution in [0.25, 0.3) is 0 Å². The Balaban J connectivity index is 2.13. The largest absolute Gasteiger partial charge is 0.459 e. The molecule has 5 heteroatoms. The molecule has 2 rings (SSSR count). The van der Waals surface area contributed by atoms with Gasteiger partial charge in [-0.15, -0.1) is 0 Å². The highest BCUT2D eigenvalue weighted by Crippen LogP contribution is 2.13. The molecule has 0 unspecified atom stereocenters. The van der Waals surface area contributed by atoms with E-state index in [9.17, 15) is 4.79 Å². The lowest BCUT2D eigenvalue weighted by Crippen LogP contribution is -2.11. The predicted molar refractivity (Wildman–Crippen MR) is 58.6 cm³/mol. The molecule has 0 fully saturated rings. The van der Waals surface area contributed by atoms with Crippen molar-refractivity contribution in [1.82, 2.24) is 4.98 Å². The van der Waals surface area contributed by atoms with Crippen molar-refractivity contribution in [3.05, 3.63) is 47.0 Å². The third-order valence-corrected chi connectivity index (χ3v) is 2.20. The molecule has 0 atom stereocenters. The Morgan fingerprint density at radius 1 is 1.47 bits per heavy atom. The van der Waals surface area contributed by atoms with Crippen molar-refractivity contribution in [1.29, 1.82) is 0 Å². The van der Waals surface area contributed by atoms with E-state index in [-0.39, 0.29) is 11.7 Å². The Labute approximate surface area is 94.4 Å². The number of carbonyl (C=O) groups is 1. The molecule has 76 valence electrons. The first-order chi connectivity index (χ1) is 7.25. The normalized spacial score (nSPS) is 9.93. The van der Waals surface area contributed by atoms with Crippen LogP contribution in [0.4, 0.5) is 5.82 Å². The molecule has 4 nitrogen and oxygen atoms in total. The predicted octanol–water partition coefficient (Wildman–Crippen LogP) is 2.69. The number of furan rings is 1. The molecule has 0 spiro atoms. The summed E-state index contributed by atoms with van der Waals surface area (Å²) in [7, 11) is 0. The molecule has 0 aliphatic rings. The molecule has 0 aliphatic carbocycles. The van der Waals surface area contributed by atoms with Gasteiger partial charge >= 0.3 is 0 Å². The summed E-state index contributed by atoms with van der Waals surface area (Å²) in [6.45, 7) is 0. The maximum absolute atomic E-state index is 11.5. The quantitative estimate of drug-likeness (QED) is 0.910. The van der Waals surface area contributed by atoms with Gasteiger partial charge in [0.25, 0.3) is 5.91 Å². The number of carbonyl (C=O) groups excluding carboxylic acids is 1. The molecule has 0 radical (unpaired) electrons. The van der Waals surface area contributed by atoms with Crippen molar-refractivity contribution in [3.63, 3.8) is 0 Å². The molecule has 2 heterocycles. The monoisotopic (exact) mass is 266 g/mol. The van der Waals surface area contributed by atoms with E-state index in [2.05, 4.69) is 26.2 Å². The zero-order valence-electron chi connectivity index (χ0n) is 7.61. The van der Waals surface area contributed by atoms with Gasteiger partial charge in [0.15, 0.2) is 5.76 Å². The van der Waals surface area contributed by atoms with Gasteiger partial charge in [-0.2, -0.15) is 0 Å². The Kier molecular flexibility index (Phi) is 2.82. The summed E-state index contributed by atoms with van der Waals surface area (Å²) >= 11 is 3.29. The minimum Gasteiger partial charge on any atom is -0.459 e. The van der Waals surface area contributed by atoms with Crippen LogP contribution in [-0.4, -0.2) is 10.9 Å². The smallest absolute Gasteiger partial charge is 0.292 e. The molecular formula is C10H7BrN2O2. The van der Waals surface area contributed by atoms with Gasteiger partial charge in [-0.05, 0) is 24.3 Å². The Bertz CT molecular complexity index is 468. The first-order valence-corrected chi connectivity index (χ1v) is 5.01. The van der Waals surface area contributed by atoms with E-state index in [1.54, 1.807) is 30.5 Å². The third kappa shape index (κ3) is 2.44. The highest BCUT2D eigenvalue weighted by molar-refractivity contribution is 9.10. The van der Waals surface area contributed by atoms with E-state index >= 15 is 0 Å². The average Bonchev–Trinajstić information content (AvgIpc) is 2.70. The molecule has 2 aromatic heterocycles. The van der Waals surface area contributed by atoms with Crippen LogP contribution in [0.3, 0.4) is 0 Å². The standard InChI is InChI=1S/C10H7BrN2O2/c11-7-3-4-12-9(6-7)13-10(14)8-2-1-5-15-8/h1-6H,(H,12,13,14). The van der Waals surface area contributed by atoms with E-state index < -0.39 is 0 Å². The number of anilines is 1. The first kappa shape index (κ1) is 9.92. The van der Waals surface area contributed by atoms with Gasteiger partial charge < -0.3 is 9.73 Å². The molecular weight excluding hydrogens is 260 g/mol. The van der Waals surface area contributed by atoms with Crippen LogP contribution in [0.2, 0.25) is 0 Å². The number of hydrogen-bond donors (Lipinski definition) is 1. The Hall–Kier alpha value is -1.62. The van der Waals surface area contributed by atoms with Gasteiger partial charge in [0.1, 0.15) is 5.82 Å². The molecule has 0 aliphatic heterocycles. The number of nitrogens with zero attached hydrogens (tertiary/aromatic N) is 1. The van der Waals surface area contributed by atoms with Crippen molar-refractivity contribution in [2.45, 2.75) is 0 Å². The molecule has 1 N–H and O–H groups in total. The third-order valence-electron chi connectivity index (χ3n) is 1.71. The van der Waals surface area contributed by atoms with Crippen LogP contribution < -0.4 is 5.32 Å². The maximum Gasteiger partial charge on any atom is 0.292 e. The Morgan fingerprint density at radius 2 is 2.33 bits per heavy atom. The summed E-state index contributed by atoms with van der Waals surface area (Å²) in [5, 5.41) is 2.61. The van der Waals surface area contributed by atoms with Crippen molar-refractivity contribution in [3.8, 4) is 0 Å². The summed E-state index contributed by atoms with van der Waals surface area (Å²) in [6, 6.07) is 6.74. The van der Waals surface area contributed by atoms with E-state index in [0.29, 0.717) is 5.82 Å². The summed E-state index contributed by atoms with van der Waals surface area (Å²) in [4.78, 5) is 15.5. The van der Waals surface area contributed by atoms with Crippen molar-refractivity contribution >= 4 is 27.7 Å². The number of amides is 1. The van der Waals surface area contributed by atoms with Crippen molar-refractivity contribution < 1.29 is 9.21 Å². The zero-order valence-corrected chi connectivity index (χ0v) is 9.19. The lowest BCUT2D eigenvalue weighted by atomic mass is 10.4. The first-order valence-electron chi connectivity index (χ1n) is 4.22. The lowest BCUT2D eigenvalue weighted by molar-refractivity contribution is 0.0996. The fourth-order valence-electron chi connectivity index (χ4n) is 1.06. The van der Waals surface area contributed by atoms with E-state index in [0.717, 1.165) is 4.47 Å². The minimum atomic E-state index is -0.314. The van der Waals surface area contributed by atoms with Gasteiger partial charge in [-0.1, -0.05) is 15.9 Å². The Morgan fingerprint density at radius 3 is 3.00 bits per heavy atom. The van der Waals surface area contributed by atoms with Crippen molar-refractivity contribution in [2.75, 3.05) is 5.32 Å². The average molecular weight is 267 g/mol. The number of hydrogen-bond acceptors (Lipinski definition) is 3. The number of aromatic nitrogens is 1. The molecule has 1 amide bonds. The fourth-order valence-corrected chi connectivity index (χ4v) is 1.39. The van der Waals surface area contributed by atoms with E-state index in [1.807, 2.05) is 0 Å². The second-order valence-electron chi connectivity index (χ2n) is 2.79. The van der Waals surface area contributed by atoms with E-state index in [1.165, 1.54) is 6.26 Å². The zero-order chi connectivity index (χ0) is 10.7. The maximum atomic E-state index is 11.5. The van der Waals surface area contributed by atoms with Gasteiger partial charge in [0.05, 0.1) is 6.26 Å². The molecule has 0 bridgehead atoms. The van der Waals surface area contributed by atoms with Crippen LogP contribution in [0.15, 0.2) is 45.6 Å². The second kappa shape index (κ2) is 4.27. The summed E-state index contributed by atoms with van der Waals surface area (Å²) < 4.78 is 5.80. The fraction of sp³-hybridized carbons (Fsp3) is 0. The van der Waals surface area contributed by atoms with Gasteiger partial charge in [0, 0.05) is 10.7 Å². The topological polar surface area (TPSA) is 55.1 Å². The van der Waals surface area contributed by atoms with Crippen molar-refractivity contribution in [2.24, 2.45) is 0 Å². The lowest BCUT2D eigenvalue weighted by Gasteiger charge is -2.01. The summed E-state index contributed by atoms with van der Waals surface area (Å²) in [5.74, 6) is 0.424. The van der Waals surface area contributed by atoms with Crippen LogP contribution in [0, 0.1) is 0 Å². The molecule has 0 aromatic carbocycles. The summed E-state index contributed by atoms with van der Waals surface area (Å²) in [5.41, 5.74) is 0. The number of rotatable bonds is 2. The molecule has 0 saturated heterocycles. The second-order valence-corrected chi connectivity index (χ2v) is 3.71. The SMILES string of the molecule is O=C(Nc1cc(Br)ccn1)c1ccco1. The molecule has 2 aromatic rings. The van der Waals surface area contributed by atoms with Crippen LogP contribution >= 0.6 is 15.9 Å². The van der Waals surface area contributed by atoms with Crippen LogP contribution in [0.1, 0.15) is 10.6 Å².